The van der Waals surface area contributed by atoms with Crippen LogP contribution in [0.15, 0.2) is 53.4 Å². The van der Waals surface area contributed by atoms with Crippen LogP contribution in [0.4, 0.5) is 0 Å². The van der Waals surface area contributed by atoms with Crippen molar-refractivity contribution in [1.29, 1.82) is 0 Å². The lowest BCUT2D eigenvalue weighted by Crippen LogP contribution is -2.25. The lowest BCUT2D eigenvalue weighted by Gasteiger charge is -2.10. The molecule has 0 aliphatic carbocycles. The second kappa shape index (κ2) is 8.32. The number of aryl methyl sites for hydroxylation is 1. The molecule has 0 saturated heterocycles. The number of hydrogen-bond acceptors (Lipinski definition) is 3. The highest BCUT2D eigenvalue weighted by Gasteiger charge is 2.09. The molecule has 0 fully saturated rings. The van der Waals surface area contributed by atoms with E-state index in [0.29, 0.717) is 12.1 Å². The summed E-state index contributed by atoms with van der Waals surface area (Å²) in [4.78, 5) is 16.9. The molecule has 0 atom stereocenters. The second-order valence-electron chi connectivity index (χ2n) is 6.42. The summed E-state index contributed by atoms with van der Waals surface area (Å²) in [5.41, 5.74) is 2.97. The molecule has 136 valence electrons. The highest BCUT2D eigenvalue weighted by Crippen LogP contribution is 2.30. The largest absolute Gasteiger partial charge is 0.491 e. The van der Waals surface area contributed by atoms with Gasteiger partial charge in [0.05, 0.1) is 6.10 Å². The number of carbonyl (C=O) groups is 1. The van der Waals surface area contributed by atoms with Crippen LogP contribution in [0.5, 0.6) is 5.75 Å². The Bertz CT molecular complexity index is 885. The van der Waals surface area contributed by atoms with Crippen LogP contribution < -0.4 is 10.1 Å². The standard InChI is InChI=1S/C21H24N2O2S/c1-14(2)25-17-10-8-16(9-11-17)21(24)22-12-13-26-20-15(3)23-19-7-5-4-6-18(19)20/h4-11,14,23H,12-13H2,1-3H3,(H,22,24). The second-order valence-corrected chi connectivity index (χ2v) is 7.53. The van der Waals surface area contributed by atoms with E-state index < -0.39 is 0 Å². The molecule has 4 nitrogen and oxygen atoms in total. The minimum absolute atomic E-state index is 0.0580. The van der Waals surface area contributed by atoms with Gasteiger partial charge in [-0.15, -0.1) is 11.8 Å². The van der Waals surface area contributed by atoms with Gasteiger partial charge >= 0.3 is 0 Å². The molecule has 2 aromatic carbocycles. The molecule has 0 saturated carbocycles. The van der Waals surface area contributed by atoms with E-state index >= 15 is 0 Å². The van der Waals surface area contributed by atoms with Crippen molar-refractivity contribution in [3.8, 4) is 5.75 Å². The molecule has 5 heteroatoms. The Labute approximate surface area is 158 Å². The summed E-state index contributed by atoms with van der Waals surface area (Å²) < 4.78 is 5.60. The quantitative estimate of drug-likeness (QED) is 0.466. The van der Waals surface area contributed by atoms with Gasteiger partial charge in [-0.05, 0) is 51.1 Å². The van der Waals surface area contributed by atoms with E-state index in [0.717, 1.165) is 17.0 Å². The Morgan fingerprint density at radius 1 is 1.15 bits per heavy atom. The Morgan fingerprint density at radius 3 is 2.62 bits per heavy atom. The van der Waals surface area contributed by atoms with Crippen LogP contribution in [0.25, 0.3) is 10.9 Å². The smallest absolute Gasteiger partial charge is 0.251 e. The predicted molar refractivity (Wildman–Crippen MR) is 108 cm³/mol. The number of benzene rings is 2. The third-order valence-corrected chi connectivity index (χ3v) is 5.18. The van der Waals surface area contributed by atoms with Gasteiger partial charge in [0, 0.05) is 39.4 Å². The maximum Gasteiger partial charge on any atom is 0.251 e. The van der Waals surface area contributed by atoms with Crippen LogP contribution in [0.2, 0.25) is 0 Å². The Kier molecular flexibility index (Phi) is 5.89. The van der Waals surface area contributed by atoms with Crippen LogP contribution >= 0.6 is 11.8 Å². The molecule has 0 radical (unpaired) electrons. The normalized spacial score (nSPS) is 11.1. The van der Waals surface area contributed by atoms with Gasteiger partial charge in [0.1, 0.15) is 5.75 Å². The topological polar surface area (TPSA) is 54.1 Å². The summed E-state index contributed by atoms with van der Waals surface area (Å²) in [7, 11) is 0. The molecule has 1 aromatic heterocycles. The molecule has 26 heavy (non-hydrogen) atoms. The molecule has 3 rings (SSSR count). The number of nitrogens with one attached hydrogen (secondary N) is 2. The third kappa shape index (κ3) is 4.41. The Morgan fingerprint density at radius 2 is 1.88 bits per heavy atom. The molecular formula is C21H24N2O2S. The number of carbonyl (C=O) groups excluding carboxylic acids is 1. The van der Waals surface area contributed by atoms with Gasteiger partial charge in [0.2, 0.25) is 0 Å². The number of rotatable bonds is 7. The Hall–Kier alpha value is -2.40. The average molecular weight is 369 g/mol. The van der Waals surface area contributed by atoms with Crippen molar-refractivity contribution in [3.63, 3.8) is 0 Å². The zero-order valence-corrected chi connectivity index (χ0v) is 16.2. The van der Waals surface area contributed by atoms with E-state index in [1.165, 1.54) is 16.0 Å². The van der Waals surface area contributed by atoms with Crippen LogP contribution in [0.3, 0.4) is 0 Å². The number of hydrogen-bond donors (Lipinski definition) is 2. The lowest BCUT2D eigenvalue weighted by atomic mass is 10.2. The molecule has 0 spiro atoms. The number of fused-ring (bicyclic) bond motifs is 1. The number of H-pyrrole nitrogens is 1. The maximum absolute atomic E-state index is 12.3. The number of aromatic amines is 1. The summed E-state index contributed by atoms with van der Waals surface area (Å²) in [6.45, 7) is 6.66. The van der Waals surface area contributed by atoms with Gasteiger partial charge in [-0.3, -0.25) is 4.79 Å². The van der Waals surface area contributed by atoms with Gasteiger partial charge in [-0.25, -0.2) is 0 Å². The minimum atomic E-state index is -0.0580. The molecule has 0 unspecified atom stereocenters. The van der Waals surface area contributed by atoms with Crippen LogP contribution in [0.1, 0.15) is 29.9 Å². The Balaban J connectivity index is 1.51. The van der Waals surface area contributed by atoms with Gasteiger partial charge in [-0.1, -0.05) is 18.2 Å². The highest BCUT2D eigenvalue weighted by molar-refractivity contribution is 7.99. The summed E-state index contributed by atoms with van der Waals surface area (Å²) in [6, 6.07) is 15.5. The van der Waals surface area contributed by atoms with Gasteiger partial charge in [-0.2, -0.15) is 0 Å². The number of amides is 1. The van der Waals surface area contributed by atoms with Gasteiger partial charge in [0.15, 0.2) is 0 Å². The summed E-state index contributed by atoms with van der Waals surface area (Å²) in [5, 5.41) is 4.22. The molecular weight excluding hydrogens is 344 g/mol. The van der Waals surface area contributed by atoms with E-state index in [1.807, 2.05) is 38.1 Å². The number of ether oxygens (including phenoxy) is 1. The summed E-state index contributed by atoms with van der Waals surface area (Å²) in [6.07, 6.45) is 0.125. The fourth-order valence-corrected chi connectivity index (χ4v) is 3.82. The van der Waals surface area contributed by atoms with Crippen molar-refractivity contribution in [1.82, 2.24) is 10.3 Å². The number of thioether (sulfide) groups is 1. The predicted octanol–water partition coefficient (Wildman–Crippen LogP) is 4.79. The first-order valence-corrected chi connectivity index (χ1v) is 9.78. The highest BCUT2D eigenvalue weighted by atomic mass is 32.2. The first-order valence-electron chi connectivity index (χ1n) is 8.79. The van der Waals surface area contributed by atoms with Crippen LogP contribution in [0, 0.1) is 6.92 Å². The molecule has 2 N–H and O–H groups in total. The van der Waals surface area contributed by atoms with Gasteiger partial charge < -0.3 is 15.0 Å². The van der Waals surface area contributed by atoms with Crippen molar-refractivity contribution in [2.75, 3.05) is 12.3 Å². The van der Waals surface area contributed by atoms with Crippen LogP contribution in [-0.4, -0.2) is 29.3 Å². The molecule has 0 aliphatic rings. The number of aromatic nitrogens is 1. The van der Waals surface area contributed by atoms with Crippen molar-refractivity contribution in [3.05, 3.63) is 59.8 Å². The van der Waals surface area contributed by atoms with Gasteiger partial charge in [0.25, 0.3) is 5.91 Å². The molecule has 3 aromatic rings. The SMILES string of the molecule is Cc1[nH]c2ccccc2c1SCCNC(=O)c1ccc(OC(C)C)cc1. The van der Waals surface area contributed by atoms with Crippen molar-refractivity contribution in [2.24, 2.45) is 0 Å². The fourth-order valence-electron chi connectivity index (χ4n) is 2.81. The van der Waals surface area contributed by atoms with Crippen molar-refractivity contribution in [2.45, 2.75) is 31.8 Å². The van der Waals surface area contributed by atoms with Crippen molar-refractivity contribution >= 4 is 28.6 Å². The molecule has 1 amide bonds. The zero-order valence-electron chi connectivity index (χ0n) is 15.3. The third-order valence-electron chi connectivity index (χ3n) is 3.96. The lowest BCUT2D eigenvalue weighted by molar-refractivity contribution is 0.0956. The van der Waals surface area contributed by atoms with E-state index in [2.05, 4.69) is 29.4 Å². The number of para-hydroxylation sites is 1. The molecule has 0 bridgehead atoms. The van der Waals surface area contributed by atoms with Crippen molar-refractivity contribution < 1.29 is 9.53 Å². The fraction of sp³-hybridized carbons (Fsp3) is 0.286. The molecule has 1 heterocycles. The first kappa shape index (κ1) is 18.4. The first-order chi connectivity index (χ1) is 12.5. The molecule has 0 aliphatic heterocycles. The minimum Gasteiger partial charge on any atom is -0.491 e. The van der Waals surface area contributed by atoms with E-state index in [9.17, 15) is 4.79 Å². The summed E-state index contributed by atoms with van der Waals surface area (Å²) >= 11 is 1.76. The van der Waals surface area contributed by atoms with Crippen LogP contribution in [-0.2, 0) is 0 Å². The monoisotopic (exact) mass is 368 g/mol. The van der Waals surface area contributed by atoms with E-state index in [4.69, 9.17) is 4.74 Å². The van der Waals surface area contributed by atoms with E-state index in [1.54, 1.807) is 23.9 Å². The zero-order chi connectivity index (χ0) is 18.5. The summed E-state index contributed by atoms with van der Waals surface area (Å²) in [5.74, 6) is 1.54. The maximum atomic E-state index is 12.3. The van der Waals surface area contributed by atoms with E-state index in [-0.39, 0.29) is 12.0 Å². The average Bonchev–Trinajstić information content (AvgIpc) is 2.94.